The molecule has 0 saturated carbocycles. The van der Waals surface area contributed by atoms with Crippen molar-refractivity contribution in [2.75, 3.05) is 13.1 Å². The molecule has 0 aliphatic heterocycles. The van der Waals surface area contributed by atoms with Gasteiger partial charge in [-0.05, 0) is 32.2 Å². The van der Waals surface area contributed by atoms with Gasteiger partial charge < -0.3 is 16.8 Å². The summed E-state index contributed by atoms with van der Waals surface area (Å²) in [4.78, 5) is 22.3. The first-order valence-electron chi connectivity index (χ1n) is 6.32. The van der Waals surface area contributed by atoms with Crippen LogP contribution < -0.4 is 16.8 Å². The predicted molar refractivity (Wildman–Crippen MR) is 63.5 cm³/mol. The molecule has 0 radical (unpaired) electrons. The van der Waals surface area contributed by atoms with E-state index in [1.807, 2.05) is 6.92 Å². The molecule has 0 saturated heterocycles. The van der Waals surface area contributed by atoms with Gasteiger partial charge in [0.25, 0.3) is 0 Å². The second kappa shape index (κ2) is 9.15. The molecule has 5 N–H and O–H groups in total. The fraction of sp³-hybridized carbons (Fsp3) is 0.818. The second-order valence-electron chi connectivity index (χ2n) is 3.85. The molecule has 5 heteroatoms. The van der Waals surface area contributed by atoms with Gasteiger partial charge in [0, 0.05) is 18.9 Å². The van der Waals surface area contributed by atoms with Crippen molar-refractivity contribution in [3.8, 4) is 0 Å². The summed E-state index contributed by atoms with van der Waals surface area (Å²) in [5.74, 6) is -0.571. The quantitative estimate of drug-likeness (QED) is 0.465. The lowest BCUT2D eigenvalue weighted by atomic mass is 9.99. The van der Waals surface area contributed by atoms with E-state index in [9.17, 15) is 9.59 Å². The highest BCUT2D eigenvalue weighted by molar-refractivity contribution is 5.79. The Kier molecular flexibility index (Phi) is 7.42. The Morgan fingerprint density at radius 1 is 1.44 bits per heavy atom. The van der Waals surface area contributed by atoms with Gasteiger partial charge in [-0.2, -0.15) is 0 Å². The standard InChI is InChI=1S/C11H23N3O2/c1-2-9(11(13)16)5-6-10(15)14-8-4-3-7-12/h9H,2-8,12H2,1H3,(H2,13,16)(H,14,15)/i/hD. The van der Waals surface area contributed by atoms with Crippen LogP contribution in [-0.4, -0.2) is 24.9 Å². The summed E-state index contributed by atoms with van der Waals surface area (Å²) in [5.41, 5.74) is 7.49. The van der Waals surface area contributed by atoms with E-state index in [-0.39, 0.29) is 17.7 Å². The highest BCUT2D eigenvalue weighted by Gasteiger charge is 2.14. The third kappa shape index (κ3) is 7.23. The van der Waals surface area contributed by atoms with E-state index in [0.29, 0.717) is 32.4 Å². The van der Waals surface area contributed by atoms with Gasteiger partial charge in [0.2, 0.25) is 11.8 Å². The van der Waals surface area contributed by atoms with Crippen molar-refractivity contribution in [3.63, 3.8) is 0 Å². The summed E-state index contributed by atoms with van der Waals surface area (Å²) in [6, 6.07) is 0. The van der Waals surface area contributed by atoms with E-state index < -0.39 is 0 Å². The zero-order chi connectivity index (χ0) is 13.1. The van der Waals surface area contributed by atoms with E-state index in [1.54, 1.807) is 0 Å². The van der Waals surface area contributed by atoms with Crippen LogP contribution in [0.25, 0.3) is 0 Å². The first kappa shape index (κ1) is 13.0. The van der Waals surface area contributed by atoms with Crippen molar-refractivity contribution in [2.45, 2.75) is 39.0 Å². The first-order valence-corrected chi connectivity index (χ1v) is 5.82. The molecule has 0 fully saturated rings. The van der Waals surface area contributed by atoms with Crippen molar-refractivity contribution in [2.24, 2.45) is 17.4 Å². The summed E-state index contributed by atoms with van der Waals surface area (Å²) in [6.45, 7) is 3.14. The fourth-order valence-electron chi connectivity index (χ4n) is 1.42. The molecule has 94 valence electrons. The normalized spacial score (nSPS) is 12.9. The molecule has 16 heavy (non-hydrogen) atoms. The SMILES string of the molecule is [2H]NCCCCNC(=O)CCC(CC)C(N)=O. The molecule has 2 amide bonds. The molecule has 0 aromatic heterocycles. The third-order valence-corrected chi connectivity index (χ3v) is 2.54. The predicted octanol–water partition coefficient (Wildman–Crippen LogP) is 0.133. The summed E-state index contributed by atoms with van der Waals surface area (Å²) in [5, 5.41) is 2.78. The monoisotopic (exact) mass is 230 g/mol. The number of unbranched alkanes of at least 4 members (excludes halogenated alkanes) is 1. The molecule has 5 nitrogen and oxygen atoms in total. The number of hydrogen-bond acceptors (Lipinski definition) is 3. The van der Waals surface area contributed by atoms with Crippen molar-refractivity contribution >= 4 is 11.8 Å². The Hall–Kier alpha value is -1.10. The zero-order valence-corrected chi connectivity index (χ0v) is 9.92. The number of amides is 2. The molecule has 0 spiro atoms. The van der Waals surface area contributed by atoms with Gasteiger partial charge in [-0.1, -0.05) is 6.92 Å². The maximum atomic E-state index is 11.4. The summed E-state index contributed by atoms with van der Waals surface area (Å²) < 4.78 is 6.72. The van der Waals surface area contributed by atoms with Gasteiger partial charge >= 0.3 is 0 Å². The van der Waals surface area contributed by atoms with Crippen molar-refractivity contribution in [3.05, 3.63) is 0 Å². The summed E-state index contributed by atoms with van der Waals surface area (Å²) >= 11 is 0. The minimum absolute atomic E-state index is 0.0384. The van der Waals surface area contributed by atoms with E-state index >= 15 is 0 Å². The Labute approximate surface area is 98.4 Å². The smallest absolute Gasteiger partial charge is 0.220 e. The lowest BCUT2D eigenvalue weighted by Crippen LogP contribution is -2.28. The van der Waals surface area contributed by atoms with Gasteiger partial charge in [0.15, 0.2) is 0 Å². The largest absolute Gasteiger partial charge is 0.369 e. The third-order valence-electron chi connectivity index (χ3n) is 2.54. The topological polar surface area (TPSA) is 98.2 Å². The summed E-state index contributed by atoms with van der Waals surface area (Å²) in [7, 11) is 0. The van der Waals surface area contributed by atoms with E-state index in [4.69, 9.17) is 7.15 Å². The van der Waals surface area contributed by atoms with Gasteiger partial charge in [-0.15, -0.1) is 0 Å². The molecule has 0 aromatic rings. The molecule has 1 unspecified atom stereocenters. The van der Waals surface area contributed by atoms with E-state index in [1.165, 1.54) is 0 Å². The molecule has 1 atom stereocenters. The van der Waals surface area contributed by atoms with Gasteiger partial charge in [-0.3, -0.25) is 9.59 Å². The minimum atomic E-state index is -0.332. The lowest BCUT2D eigenvalue weighted by Gasteiger charge is -2.10. The molecule has 0 rings (SSSR count). The van der Waals surface area contributed by atoms with Crippen LogP contribution in [0.2, 0.25) is 1.41 Å². The molecular weight excluding hydrogens is 206 g/mol. The van der Waals surface area contributed by atoms with Crippen LogP contribution in [0.15, 0.2) is 0 Å². The van der Waals surface area contributed by atoms with Crippen LogP contribution >= 0.6 is 0 Å². The fourth-order valence-corrected chi connectivity index (χ4v) is 1.42. The maximum absolute atomic E-state index is 11.4. The van der Waals surface area contributed by atoms with Gasteiger partial charge in [0.05, 0.1) is 0 Å². The van der Waals surface area contributed by atoms with Gasteiger partial charge in [0.1, 0.15) is 1.41 Å². The molecule has 0 bridgehead atoms. The number of nitrogens with one attached hydrogen (secondary N) is 1. The van der Waals surface area contributed by atoms with Crippen LogP contribution in [0.1, 0.15) is 39.0 Å². The van der Waals surface area contributed by atoms with Crippen molar-refractivity contribution in [1.82, 2.24) is 5.32 Å². The van der Waals surface area contributed by atoms with Crippen molar-refractivity contribution in [1.29, 1.82) is 0 Å². The zero-order valence-electron chi connectivity index (χ0n) is 10.9. The number of nitrogens with two attached hydrogens (primary N) is 2. The average Bonchev–Trinajstić information content (AvgIpc) is 2.29. The summed E-state index contributed by atoms with van der Waals surface area (Å²) in [6.07, 6.45) is 3.26. The molecule has 0 aliphatic rings. The number of primary amides is 1. The Morgan fingerprint density at radius 2 is 2.19 bits per heavy atom. The molecule has 0 aromatic carbocycles. The molecule has 0 aliphatic carbocycles. The lowest BCUT2D eigenvalue weighted by molar-refractivity contribution is -0.123. The number of rotatable bonds is 10. The minimum Gasteiger partial charge on any atom is -0.369 e. The second-order valence-corrected chi connectivity index (χ2v) is 3.85. The first-order chi connectivity index (χ1) is 8.11. The highest BCUT2D eigenvalue weighted by Crippen LogP contribution is 2.09. The highest BCUT2D eigenvalue weighted by atomic mass is 16.2. The van der Waals surface area contributed by atoms with E-state index in [2.05, 4.69) is 11.0 Å². The number of carbonyl (C=O) groups is 2. The molecular formula is C11H23N3O2. The van der Waals surface area contributed by atoms with Crippen LogP contribution in [0, 0.1) is 5.92 Å². The van der Waals surface area contributed by atoms with E-state index in [0.717, 1.165) is 12.8 Å². The van der Waals surface area contributed by atoms with Crippen LogP contribution in [0.4, 0.5) is 0 Å². The van der Waals surface area contributed by atoms with Crippen LogP contribution in [0.5, 0.6) is 0 Å². The molecule has 0 heterocycles. The van der Waals surface area contributed by atoms with Crippen molar-refractivity contribution < 1.29 is 11.0 Å². The maximum Gasteiger partial charge on any atom is 0.220 e. The number of carbonyl (C=O) groups excluding carboxylic acids is 2. The van der Waals surface area contributed by atoms with Crippen LogP contribution in [0.3, 0.4) is 0 Å². The Morgan fingerprint density at radius 3 is 2.75 bits per heavy atom. The van der Waals surface area contributed by atoms with Crippen LogP contribution in [-0.2, 0) is 9.59 Å². The van der Waals surface area contributed by atoms with Gasteiger partial charge in [-0.25, -0.2) is 0 Å². The Balaban J connectivity index is 3.55. The Bertz CT molecular complexity index is 237. The number of hydrogen-bond donors (Lipinski definition) is 3. The average molecular weight is 230 g/mol.